The summed E-state index contributed by atoms with van der Waals surface area (Å²) >= 11 is 5.97. The van der Waals surface area contributed by atoms with Crippen molar-refractivity contribution in [3.8, 4) is 0 Å². The molecule has 2 rings (SSSR count). The van der Waals surface area contributed by atoms with Crippen molar-refractivity contribution in [1.82, 2.24) is 4.90 Å². The molecular weight excluding hydrogens is 324 g/mol. The highest BCUT2D eigenvalue weighted by molar-refractivity contribution is 6.33. The first-order chi connectivity index (χ1) is 10.9. The van der Waals surface area contributed by atoms with Gasteiger partial charge in [-0.15, -0.1) is 0 Å². The molecule has 0 bridgehead atoms. The summed E-state index contributed by atoms with van der Waals surface area (Å²) in [6.07, 6.45) is 3.05. The van der Waals surface area contributed by atoms with Gasteiger partial charge in [-0.25, -0.2) is 9.59 Å². The number of nitrogens with zero attached hydrogens (tertiary/aromatic N) is 1. The van der Waals surface area contributed by atoms with Crippen molar-refractivity contribution in [2.75, 3.05) is 25.0 Å². The molecule has 3 N–H and O–H groups in total. The van der Waals surface area contributed by atoms with Crippen molar-refractivity contribution in [2.24, 2.45) is 0 Å². The SMILES string of the molecule is O=C(CCN1CCCC1)Nc1ccccc1Cl.O=C(O)C(=O)O. The lowest BCUT2D eigenvalue weighted by molar-refractivity contribution is -0.159. The lowest BCUT2D eigenvalue weighted by Gasteiger charge is -2.14. The van der Waals surface area contributed by atoms with Crippen molar-refractivity contribution in [1.29, 1.82) is 0 Å². The number of carboxylic acid groups (broad SMARTS) is 2. The van der Waals surface area contributed by atoms with Crippen LogP contribution in [0.2, 0.25) is 5.02 Å². The summed E-state index contributed by atoms with van der Waals surface area (Å²) in [6, 6.07) is 7.30. The fraction of sp³-hybridized carbons (Fsp3) is 0.400. The molecule has 1 amide bonds. The molecule has 0 aromatic heterocycles. The third-order valence-electron chi connectivity index (χ3n) is 3.18. The molecule has 1 fully saturated rings. The molecule has 1 heterocycles. The Morgan fingerprint density at radius 3 is 2.17 bits per heavy atom. The van der Waals surface area contributed by atoms with Crippen LogP contribution in [0.1, 0.15) is 19.3 Å². The number of rotatable bonds is 4. The molecule has 0 atom stereocenters. The molecule has 0 aliphatic carbocycles. The van der Waals surface area contributed by atoms with Crippen molar-refractivity contribution >= 4 is 35.1 Å². The number of benzene rings is 1. The van der Waals surface area contributed by atoms with Crippen molar-refractivity contribution < 1.29 is 24.6 Å². The van der Waals surface area contributed by atoms with E-state index in [9.17, 15) is 4.79 Å². The molecule has 1 aromatic rings. The number of hydrogen-bond donors (Lipinski definition) is 3. The molecule has 1 aromatic carbocycles. The van der Waals surface area contributed by atoms with E-state index in [-0.39, 0.29) is 5.91 Å². The van der Waals surface area contributed by atoms with Crippen molar-refractivity contribution in [3.63, 3.8) is 0 Å². The average Bonchev–Trinajstić information content (AvgIpc) is 3.01. The van der Waals surface area contributed by atoms with Crippen LogP contribution in [-0.4, -0.2) is 52.6 Å². The number of hydrogen-bond acceptors (Lipinski definition) is 4. The van der Waals surface area contributed by atoms with Crippen LogP contribution >= 0.6 is 11.6 Å². The van der Waals surface area contributed by atoms with E-state index in [1.807, 2.05) is 18.2 Å². The van der Waals surface area contributed by atoms with Gasteiger partial charge in [0.2, 0.25) is 5.91 Å². The molecule has 126 valence electrons. The molecule has 0 saturated carbocycles. The van der Waals surface area contributed by atoms with E-state index in [2.05, 4.69) is 10.2 Å². The fourth-order valence-electron chi connectivity index (χ4n) is 2.04. The topological polar surface area (TPSA) is 107 Å². The molecule has 7 nitrogen and oxygen atoms in total. The third-order valence-corrected chi connectivity index (χ3v) is 3.51. The quantitative estimate of drug-likeness (QED) is 0.722. The second-order valence-corrected chi connectivity index (χ2v) is 5.34. The monoisotopic (exact) mass is 342 g/mol. The number of likely N-dealkylation sites (tertiary alicyclic amines) is 1. The number of anilines is 1. The number of carbonyl (C=O) groups is 3. The van der Waals surface area contributed by atoms with Crippen LogP contribution in [0.5, 0.6) is 0 Å². The Bertz CT molecular complexity index is 547. The highest BCUT2D eigenvalue weighted by Crippen LogP contribution is 2.20. The van der Waals surface area contributed by atoms with Gasteiger partial charge in [0.25, 0.3) is 0 Å². The van der Waals surface area contributed by atoms with Gasteiger partial charge >= 0.3 is 11.9 Å². The predicted molar refractivity (Wildman–Crippen MR) is 85.6 cm³/mol. The van der Waals surface area contributed by atoms with Gasteiger partial charge in [-0.05, 0) is 38.1 Å². The summed E-state index contributed by atoms with van der Waals surface area (Å²) in [5.74, 6) is -3.62. The van der Waals surface area contributed by atoms with E-state index < -0.39 is 11.9 Å². The molecule has 23 heavy (non-hydrogen) atoms. The van der Waals surface area contributed by atoms with Gasteiger partial charge in [0, 0.05) is 13.0 Å². The van der Waals surface area contributed by atoms with Crippen LogP contribution < -0.4 is 5.32 Å². The Labute approximate surface area is 138 Å². The summed E-state index contributed by atoms with van der Waals surface area (Å²) in [4.78, 5) is 32.2. The number of para-hydroxylation sites is 1. The van der Waals surface area contributed by atoms with Gasteiger partial charge in [-0.3, -0.25) is 4.79 Å². The van der Waals surface area contributed by atoms with Gasteiger partial charge in [-0.2, -0.15) is 0 Å². The Morgan fingerprint density at radius 1 is 1.09 bits per heavy atom. The molecule has 1 aliphatic rings. The normalized spacial score (nSPS) is 13.8. The lowest BCUT2D eigenvalue weighted by Crippen LogP contribution is -2.25. The van der Waals surface area contributed by atoms with E-state index >= 15 is 0 Å². The summed E-state index contributed by atoms with van der Waals surface area (Å²) in [5, 5.41) is 18.2. The zero-order valence-corrected chi connectivity index (χ0v) is 13.3. The zero-order chi connectivity index (χ0) is 17.2. The zero-order valence-electron chi connectivity index (χ0n) is 12.5. The van der Waals surface area contributed by atoms with Gasteiger partial charge in [0.05, 0.1) is 10.7 Å². The van der Waals surface area contributed by atoms with Crippen LogP contribution in [0.15, 0.2) is 24.3 Å². The molecular formula is C15H19ClN2O5. The van der Waals surface area contributed by atoms with Crippen molar-refractivity contribution in [3.05, 3.63) is 29.3 Å². The lowest BCUT2D eigenvalue weighted by atomic mass is 10.3. The van der Waals surface area contributed by atoms with Gasteiger partial charge in [-0.1, -0.05) is 23.7 Å². The highest BCUT2D eigenvalue weighted by Gasteiger charge is 2.13. The van der Waals surface area contributed by atoms with E-state index in [1.54, 1.807) is 6.07 Å². The highest BCUT2D eigenvalue weighted by atomic mass is 35.5. The number of aliphatic carboxylic acids is 2. The molecule has 1 aliphatic heterocycles. The number of nitrogens with one attached hydrogen (secondary N) is 1. The minimum absolute atomic E-state index is 0.0324. The van der Waals surface area contributed by atoms with Crippen LogP contribution in [0.25, 0.3) is 0 Å². The Morgan fingerprint density at radius 2 is 1.65 bits per heavy atom. The average molecular weight is 343 g/mol. The number of carboxylic acids is 2. The third kappa shape index (κ3) is 7.62. The molecule has 8 heteroatoms. The molecule has 0 spiro atoms. The summed E-state index contributed by atoms with van der Waals surface area (Å²) in [5.41, 5.74) is 0.695. The minimum atomic E-state index is -1.82. The fourth-order valence-corrected chi connectivity index (χ4v) is 2.22. The van der Waals surface area contributed by atoms with Gasteiger partial charge in [0.1, 0.15) is 0 Å². The maximum Gasteiger partial charge on any atom is 0.414 e. The molecule has 1 saturated heterocycles. The Kier molecular flexibility index (Phi) is 8.07. The summed E-state index contributed by atoms with van der Waals surface area (Å²) in [6.45, 7) is 3.09. The first kappa shape index (κ1) is 18.9. The second-order valence-electron chi connectivity index (χ2n) is 4.94. The smallest absolute Gasteiger partial charge is 0.414 e. The summed E-state index contributed by atoms with van der Waals surface area (Å²) in [7, 11) is 0. The van der Waals surface area contributed by atoms with E-state index in [0.717, 1.165) is 19.6 Å². The van der Waals surface area contributed by atoms with Crippen LogP contribution in [0.3, 0.4) is 0 Å². The predicted octanol–water partition coefficient (Wildman–Crippen LogP) is 1.92. The van der Waals surface area contributed by atoms with Crippen LogP contribution in [0.4, 0.5) is 5.69 Å². The largest absolute Gasteiger partial charge is 0.473 e. The van der Waals surface area contributed by atoms with E-state index in [1.165, 1.54) is 12.8 Å². The first-order valence-electron chi connectivity index (χ1n) is 7.13. The molecule has 0 radical (unpaired) electrons. The van der Waals surface area contributed by atoms with Crippen LogP contribution in [-0.2, 0) is 14.4 Å². The standard InChI is InChI=1S/C13H17ClN2O.C2H2O4/c14-11-5-1-2-6-12(11)15-13(17)7-10-16-8-3-4-9-16;3-1(4)2(5)6/h1-2,5-6H,3-4,7-10H2,(H,15,17);(H,3,4)(H,5,6). The minimum Gasteiger partial charge on any atom is -0.473 e. The maximum absolute atomic E-state index is 11.7. The Hall–Kier alpha value is -2.12. The number of carbonyl (C=O) groups excluding carboxylic acids is 1. The number of amides is 1. The summed E-state index contributed by atoms with van der Waals surface area (Å²) < 4.78 is 0. The van der Waals surface area contributed by atoms with E-state index in [4.69, 9.17) is 31.4 Å². The first-order valence-corrected chi connectivity index (χ1v) is 7.51. The van der Waals surface area contributed by atoms with Crippen molar-refractivity contribution in [2.45, 2.75) is 19.3 Å². The number of halogens is 1. The molecule has 0 unspecified atom stereocenters. The van der Waals surface area contributed by atoms with Gasteiger partial charge < -0.3 is 20.4 Å². The van der Waals surface area contributed by atoms with Crippen LogP contribution in [0, 0.1) is 0 Å². The second kappa shape index (κ2) is 9.81. The Balaban J connectivity index is 0.000000379. The van der Waals surface area contributed by atoms with E-state index in [0.29, 0.717) is 17.1 Å². The van der Waals surface area contributed by atoms with Gasteiger partial charge in [0.15, 0.2) is 0 Å². The maximum atomic E-state index is 11.7.